The molecular weight excluding hydrogens is 305 g/mol. The lowest BCUT2D eigenvalue weighted by atomic mass is 10.1. The second kappa shape index (κ2) is 4.89. The van der Waals surface area contributed by atoms with Crippen LogP contribution in [0.4, 0.5) is 4.39 Å². The number of carbonyl (C=O) groups is 1. The van der Waals surface area contributed by atoms with Crippen LogP contribution >= 0.6 is 15.9 Å². The molecule has 1 aromatic carbocycles. The van der Waals surface area contributed by atoms with E-state index in [9.17, 15) is 9.18 Å². The van der Waals surface area contributed by atoms with E-state index < -0.39 is 5.97 Å². The zero-order chi connectivity index (χ0) is 13.3. The van der Waals surface area contributed by atoms with Crippen LogP contribution in [-0.2, 0) is 6.42 Å². The lowest BCUT2D eigenvalue weighted by Gasteiger charge is -2.04. The van der Waals surface area contributed by atoms with Crippen LogP contribution in [0, 0.1) is 5.82 Å². The molecule has 0 radical (unpaired) electrons. The summed E-state index contributed by atoms with van der Waals surface area (Å²) in [6, 6.07) is 4.48. The minimum Gasteiger partial charge on any atom is -0.475 e. The Morgan fingerprint density at radius 2 is 2.22 bits per heavy atom. The molecule has 1 heterocycles. The van der Waals surface area contributed by atoms with Gasteiger partial charge in [-0.3, -0.25) is 0 Å². The van der Waals surface area contributed by atoms with E-state index in [2.05, 4.69) is 25.6 Å². The standard InChI is InChI=1S/C12H9BrFNO3/c1-2-6-3-7(4-8(13)11(6)14)9-5-10(12(16)17)18-15-9/h3-5H,2H2,1H3,(H,16,17). The average Bonchev–Trinajstić information content (AvgIpc) is 2.82. The molecule has 0 aliphatic rings. The minimum atomic E-state index is -1.19. The van der Waals surface area contributed by atoms with E-state index in [0.29, 0.717) is 27.7 Å². The van der Waals surface area contributed by atoms with Crippen LogP contribution in [-0.4, -0.2) is 16.2 Å². The number of hydrogen-bond donors (Lipinski definition) is 1. The van der Waals surface area contributed by atoms with E-state index in [1.807, 2.05) is 6.92 Å². The minimum absolute atomic E-state index is 0.247. The van der Waals surface area contributed by atoms with Gasteiger partial charge in [0.1, 0.15) is 11.5 Å². The maximum Gasteiger partial charge on any atom is 0.374 e. The van der Waals surface area contributed by atoms with Crippen molar-refractivity contribution >= 4 is 21.9 Å². The molecule has 1 aromatic heterocycles. The van der Waals surface area contributed by atoms with Gasteiger partial charge in [0, 0.05) is 11.6 Å². The monoisotopic (exact) mass is 313 g/mol. The fraction of sp³-hybridized carbons (Fsp3) is 0.167. The first-order chi connectivity index (χ1) is 8.52. The number of rotatable bonds is 3. The third kappa shape index (κ3) is 2.28. The van der Waals surface area contributed by atoms with Crippen LogP contribution in [0.15, 0.2) is 27.2 Å². The van der Waals surface area contributed by atoms with Gasteiger partial charge in [-0.2, -0.15) is 0 Å². The van der Waals surface area contributed by atoms with Crippen LogP contribution < -0.4 is 0 Å². The van der Waals surface area contributed by atoms with Crippen molar-refractivity contribution in [3.8, 4) is 11.3 Å². The number of carboxylic acid groups (broad SMARTS) is 1. The van der Waals surface area contributed by atoms with Crippen molar-refractivity contribution in [1.82, 2.24) is 5.16 Å². The van der Waals surface area contributed by atoms with Gasteiger partial charge in [0.2, 0.25) is 5.76 Å². The molecule has 0 unspecified atom stereocenters. The van der Waals surface area contributed by atoms with Gasteiger partial charge >= 0.3 is 5.97 Å². The van der Waals surface area contributed by atoms with Gasteiger partial charge in [-0.05, 0) is 40.0 Å². The Balaban J connectivity index is 2.50. The molecule has 0 spiro atoms. The number of carboxylic acids is 1. The Bertz CT molecular complexity index is 609. The van der Waals surface area contributed by atoms with Crippen molar-refractivity contribution in [3.63, 3.8) is 0 Å². The first-order valence-corrected chi connectivity index (χ1v) is 6.00. The van der Waals surface area contributed by atoms with Crippen molar-refractivity contribution < 1.29 is 18.8 Å². The second-order valence-corrected chi connectivity index (χ2v) is 4.52. The van der Waals surface area contributed by atoms with Gasteiger partial charge in [0.15, 0.2) is 0 Å². The van der Waals surface area contributed by atoms with Crippen molar-refractivity contribution in [3.05, 3.63) is 39.8 Å². The van der Waals surface area contributed by atoms with Gasteiger partial charge in [0.05, 0.1) is 4.47 Å². The first-order valence-electron chi connectivity index (χ1n) is 5.21. The number of hydrogen-bond acceptors (Lipinski definition) is 3. The van der Waals surface area contributed by atoms with Crippen LogP contribution in [0.1, 0.15) is 23.0 Å². The number of aromatic nitrogens is 1. The van der Waals surface area contributed by atoms with Crippen molar-refractivity contribution in [1.29, 1.82) is 0 Å². The van der Waals surface area contributed by atoms with E-state index in [0.717, 1.165) is 0 Å². The summed E-state index contributed by atoms with van der Waals surface area (Å²) in [6.07, 6.45) is 0.530. The lowest BCUT2D eigenvalue weighted by molar-refractivity contribution is 0.0652. The Labute approximate surface area is 111 Å². The van der Waals surface area contributed by atoms with E-state index in [4.69, 9.17) is 5.11 Å². The Hall–Kier alpha value is -1.69. The molecule has 0 atom stereocenters. The molecule has 4 nitrogen and oxygen atoms in total. The summed E-state index contributed by atoms with van der Waals surface area (Å²) in [4.78, 5) is 10.7. The third-order valence-electron chi connectivity index (χ3n) is 2.50. The quantitative estimate of drug-likeness (QED) is 0.942. The van der Waals surface area contributed by atoms with Crippen LogP contribution in [0.3, 0.4) is 0 Å². The molecule has 0 aliphatic carbocycles. The number of aromatic carboxylic acids is 1. The number of nitrogens with zero attached hydrogens (tertiary/aromatic N) is 1. The Morgan fingerprint density at radius 1 is 1.50 bits per heavy atom. The molecule has 94 valence electrons. The van der Waals surface area contributed by atoms with Gasteiger partial charge in [-0.15, -0.1) is 0 Å². The maximum absolute atomic E-state index is 13.6. The van der Waals surface area contributed by atoms with Crippen molar-refractivity contribution in [2.45, 2.75) is 13.3 Å². The predicted molar refractivity (Wildman–Crippen MR) is 65.9 cm³/mol. The second-order valence-electron chi connectivity index (χ2n) is 3.67. The first kappa shape index (κ1) is 12.8. The maximum atomic E-state index is 13.6. The molecule has 1 N–H and O–H groups in total. The summed E-state index contributed by atoms with van der Waals surface area (Å²) in [5.74, 6) is -1.75. The fourth-order valence-corrected chi connectivity index (χ4v) is 2.06. The Morgan fingerprint density at radius 3 is 2.78 bits per heavy atom. The molecule has 0 saturated heterocycles. The highest BCUT2D eigenvalue weighted by Gasteiger charge is 2.15. The average molecular weight is 314 g/mol. The largest absolute Gasteiger partial charge is 0.475 e. The summed E-state index contributed by atoms with van der Waals surface area (Å²) in [6.45, 7) is 1.83. The van der Waals surface area contributed by atoms with E-state index in [-0.39, 0.29) is 11.6 Å². The van der Waals surface area contributed by atoms with Gasteiger partial charge in [-0.1, -0.05) is 12.1 Å². The fourth-order valence-electron chi connectivity index (χ4n) is 1.56. The van der Waals surface area contributed by atoms with Crippen LogP contribution in [0.5, 0.6) is 0 Å². The highest BCUT2D eigenvalue weighted by molar-refractivity contribution is 9.10. The van der Waals surface area contributed by atoms with Crippen LogP contribution in [0.25, 0.3) is 11.3 Å². The molecule has 2 rings (SSSR count). The van der Waals surface area contributed by atoms with Gasteiger partial charge in [-0.25, -0.2) is 9.18 Å². The van der Waals surface area contributed by atoms with Crippen molar-refractivity contribution in [2.75, 3.05) is 0 Å². The molecule has 18 heavy (non-hydrogen) atoms. The summed E-state index contributed by atoms with van der Waals surface area (Å²) in [5.41, 5.74) is 1.50. The zero-order valence-electron chi connectivity index (χ0n) is 9.41. The smallest absolute Gasteiger partial charge is 0.374 e. The molecule has 0 aliphatic heterocycles. The molecule has 0 amide bonds. The molecule has 0 fully saturated rings. The summed E-state index contributed by atoms with van der Waals surface area (Å²) < 4.78 is 18.6. The van der Waals surface area contributed by atoms with E-state index >= 15 is 0 Å². The molecular formula is C12H9BrFNO3. The third-order valence-corrected chi connectivity index (χ3v) is 3.08. The van der Waals surface area contributed by atoms with Gasteiger partial charge in [0.25, 0.3) is 0 Å². The number of benzene rings is 1. The topological polar surface area (TPSA) is 63.3 Å². The number of halogens is 2. The highest BCUT2D eigenvalue weighted by atomic mass is 79.9. The lowest BCUT2D eigenvalue weighted by Crippen LogP contribution is -1.92. The zero-order valence-corrected chi connectivity index (χ0v) is 11.0. The molecule has 2 aromatic rings. The molecule has 6 heteroatoms. The SMILES string of the molecule is CCc1cc(-c2cc(C(=O)O)on2)cc(Br)c1F. The van der Waals surface area contributed by atoms with Gasteiger partial charge < -0.3 is 9.63 Å². The summed E-state index contributed by atoms with van der Waals surface area (Å²) in [7, 11) is 0. The number of aryl methyl sites for hydroxylation is 1. The summed E-state index contributed by atoms with van der Waals surface area (Å²) in [5, 5.41) is 12.4. The molecule has 0 bridgehead atoms. The Kier molecular flexibility index (Phi) is 3.47. The predicted octanol–water partition coefficient (Wildman–Crippen LogP) is 3.50. The molecule has 0 saturated carbocycles. The normalized spacial score (nSPS) is 10.6. The highest BCUT2D eigenvalue weighted by Crippen LogP contribution is 2.28. The van der Waals surface area contributed by atoms with E-state index in [1.54, 1.807) is 6.07 Å². The van der Waals surface area contributed by atoms with Crippen molar-refractivity contribution in [2.24, 2.45) is 0 Å². The van der Waals surface area contributed by atoms with Crippen LogP contribution in [0.2, 0.25) is 0 Å². The van der Waals surface area contributed by atoms with E-state index in [1.165, 1.54) is 12.1 Å². The summed E-state index contributed by atoms with van der Waals surface area (Å²) >= 11 is 3.12.